The smallest absolute Gasteiger partial charge is 0.0611 e. The Balaban J connectivity index is 2.18. The van der Waals surface area contributed by atoms with Gasteiger partial charge in [-0.05, 0) is 31.7 Å². The summed E-state index contributed by atoms with van der Waals surface area (Å²) >= 11 is 0. The standard InChI is InChI=1S/C15H23NO/c1-12-5-4-6-13(9-12)10-15(11-16)8-3-2-7-14(15)17/h4-6,9,14,17H,2-3,7-8,10-11,16H2,1H3. The molecule has 2 rings (SSSR count). The van der Waals surface area contributed by atoms with Gasteiger partial charge in [-0.15, -0.1) is 0 Å². The minimum absolute atomic E-state index is 0.0912. The van der Waals surface area contributed by atoms with Crippen LogP contribution in [-0.4, -0.2) is 17.8 Å². The van der Waals surface area contributed by atoms with Crippen molar-refractivity contribution in [2.45, 2.75) is 45.1 Å². The highest BCUT2D eigenvalue weighted by molar-refractivity contribution is 5.24. The average Bonchev–Trinajstić information content (AvgIpc) is 2.32. The van der Waals surface area contributed by atoms with Gasteiger partial charge in [0.15, 0.2) is 0 Å². The molecule has 0 aromatic heterocycles. The Hall–Kier alpha value is -0.860. The van der Waals surface area contributed by atoms with Gasteiger partial charge in [0.2, 0.25) is 0 Å². The third-order valence-corrected chi connectivity index (χ3v) is 4.15. The van der Waals surface area contributed by atoms with Crippen LogP contribution in [0.25, 0.3) is 0 Å². The van der Waals surface area contributed by atoms with Crippen molar-refractivity contribution in [3.8, 4) is 0 Å². The summed E-state index contributed by atoms with van der Waals surface area (Å²) in [4.78, 5) is 0. The molecule has 1 fully saturated rings. The van der Waals surface area contributed by atoms with Crippen molar-refractivity contribution in [2.24, 2.45) is 11.1 Å². The third kappa shape index (κ3) is 2.70. The lowest BCUT2D eigenvalue weighted by molar-refractivity contribution is -0.00585. The molecular formula is C15H23NO. The maximum atomic E-state index is 10.3. The van der Waals surface area contributed by atoms with Crippen LogP contribution in [0.2, 0.25) is 0 Å². The van der Waals surface area contributed by atoms with E-state index in [0.29, 0.717) is 6.54 Å². The van der Waals surface area contributed by atoms with Gasteiger partial charge in [0.05, 0.1) is 6.10 Å². The fourth-order valence-corrected chi connectivity index (χ4v) is 3.03. The van der Waals surface area contributed by atoms with E-state index in [4.69, 9.17) is 5.73 Å². The highest BCUT2D eigenvalue weighted by Gasteiger charge is 2.38. The summed E-state index contributed by atoms with van der Waals surface area (Å²) in [5.74, 6) is 0. The maximum Gasteiger partial charge on any atom is 0.0611 e. The minimum atomic E-state index is -0.234. The van der Waals surface area contributed by atoms with Gasteiger partial charge < -0.3 is 10.8 Å². The Bertz CT molecular complexity index is 377. The van der Waals surface area contributed by atoms with Gasteiger partial charge in [-0.25, -0.2) is 0 Å². The Labute approximate surface area is 104 Å². The van der Waals surface area contributed by atoms with Gasteiger partial charge in [0, 0.05) is 12.0 Å². The summed E-state index contributed by atoms with van der Waals surface area (Å²) < 4.78 is 0. The molecule has 1 aromatic rings. The van der Waals surface area contributed by atoms with Gasteiger partial charge in [-0.2, -0.15) is 0 Å². The number of aliphatic hydroxyl groups is 1. The topological polar surface area (TPSA) is 46.2 Å². The molecule has 2 atom stereocenters. The van der Waals surface area contributed by atoms with Crippen molar-refractivity contribution in [1.82, 2.24) is 0 Å². The summed E-state index contributed by atoms with van der Waals surface area (Å²) in [6.45, 7) is 2.69. The van der Waals surface area contributed by atoms with E-state index in [0.717, 1.165) is 25.7 Å². The van der Waals surface area contributed by atoms with Crippen molar-refractivity contribution in [2.75, 3.05) is 6.54 Å². The quantitative estimate of drug-likeness (QED) is 0.842. The monoisotopic (exact) mass is 233 g/mol. The van der Waals surface area contributed by atoms with Gasteiger partial charge in [0.1, 0.15) is 0 Å². The van der Waals surface area contributed by atoms with E-state index in [2.05, 4.69) is 31.2 Å². The summed E-state index contributed by atoms with van der Waals surface area (Å²) in [7, 11) is 0. The van der Waals surface area contributed by atoms with Crippen LogP contribution < -0.4 is 5.73 Å². The second-order valence-corrected chi connectivity index (χ2v) is 5.49. The van der Waals surface area contributed by atoms with Crippen molar-refractivity contribution < 1.29 is 5.11 Å². The van der Waals surface area contributed by atoms with Crippen molar-refractivity contribution in [1.29, 1.82) is 0 Å². The van der Waals surface area contributed by atoms with Crippen LogP contribution in [0, 0.1) is 12.3 Å². The second-order valence-electron chi connectivity index (χ2n) is 5.49. The van der Waals surface area contributed by atoms with E-state index in [-0.39, 0.29) is 11.5 Å². The molecule has 94 valence electrons. The number of aliphatic hydroxyl groups excluding tert-OH is 1. The fraction of sp³-hybridized carbons (Fsp3) is 0.600. The molecule has 1 aliphatic rings. The Morgan fingerprint density at radius 1 is 1.41 bits per heavy atom. The largest absolute Gasteiger partial charge is 0.392 e. The molecule has 2 heteroatoms. The number of aryl methyl sites for hydroxylation is 1. The average molecular weight is 233 g/mol. The molecule has 1 saturated carbocycles. The normalized spacial score (nSPS) is 29.2. The number of hydrogen-bond acceptors (Lipinski definition) is 2. The number of hydrogen-bond donors (Lipinski definition) is 2. The predicted octanol–water partition coefficient (Wildman–Crippen LogP) is 2.42. The van der Waals surface area contributed by atoms with Gasteiger partial charge in [-0.1, -0.05) is 42.7 Å². The molecule has 2 unspecified atom stereocenters. The zero-order chi connectivity index (χ0) is 12.3. The molecule has 3 N–H and O–H groups in total. The first-order valence-corrected chi connectivity index (χ1v) is 6.60. The first-order valence-electron chi connectivity index (χ1n) is 6.60. The number of nitrogens with two attached hydrogens (primary N) is 1. The van der Waals surface area contributed by atoms with Crippen LogP contribution in [0.4, 0.5) is 0 Å². The summed E-state index contributed by atoms with van der Waals surface area (Å²) in [6, 6.07) is 8.55. The summed E-state index contributed by atoms with van der Waals surface area (Å²) in [5.41, 5.74) is 8.44. The van der Waals surface area contributed by atoms with Crippen LogP contribution in [0.1, 0.15) is 36.8 Å². The SMILES string of the molecule is Cc1cccc(CC2(CN)CCCCC2O)c1. The van der Waals surface area contributed by atoms with Crippen LogP contribution in [0.3, 0.4) is 0 Å². The van der Waals surface area contributed by atoms with Crippen LogP contribution in [-0.2, 0) is 6.42 Å². The van der Waals surface area contributed by atoms with E-state index in [9.17, 15) is 5.11 Å². The van der Waals surface area contributed by atoms with E-state index >= 15 is 0 Å². The van der Waals surface area contributed by atoms with Crippen LogP contribution in [0.15, 0.2) is 24.3 Å². The fourth-order valence-electron chi connectivity index (χ4n) is 3.03. The molecule has 0 heterocycles. The summed E-state index contributed by atoms with van der Waals surface area (Å²) in [6.07, 6.45) is 4.96. The Kier molecular flexibility index (Phi) is 3.85. The maximum absolute atomic E-state index is 10.3. The van der Waals surface area contributed by atoms with Gasteiger partial charge in [-0.3, -0.25) is 0 Å². The highest BCUT2D eigenvalue weighted by Crippen LogP contribution is 2.38. The molecule has 0 radical (unpaired) electrons. The van der Waals surface area contributed by atoms with E-state index < -0.39 is 0 Å². The van der Waals surface area contributed by atoms with Gasteiger partial charge in [0.25, 0.3) is 0 Å². The van der Waals surface area contributed by atoms with Crippen molar-refractivity contribution in [3.05, 3.63) is 35.4 Å². The molecule has 0 saturated heterocycles. The van der Waals surface area contributed by atoms with E-state index in [1.165, 1.54) is 17.5 Å². The lowest BCUT2D eigenvalue weighted by atomic mass is 9.68. The molecule has 0 amide bonds. The minimum Gasteiger partial charge on any atom is -0.392 e. The van der Waals surface area contributed by atoms with E-state index in [1.807, 2.05) is 0 Å². The van der Waals surface area contributed by atoms with Crippen molar-refractivity contribution in [3.63, 3.8) is 0 Å². The Morgan fingerprint density at radius 3 is 2.88 bits per heavy atom. The zero-order valence-corrected chi connectivity index (χ0v) is 10.7. The first-order chi connectivity index (χ1) is 8.16. The molecule has 0 bridgehead atoms. The molecule has 1 aliphatic carbocycles. The van der Waals surface area contributed by atoms with Crippen molar-refractivity contribution >= 4 is 0 Å². The second kappa shape index (κ2) is 5.19. The molecule has 0 spiro atoms. The predicted molar refractivity (Wildman–Crippen MR) is 70.8 cm³/mol. The number of rotatable bonds is 3. The third-order valence-electron chi connectivity index (χ3n) is 4.15. The zero-order valence-electron chi connectivity index (χ0n) is 10.7. The molecule has 17 heavy (non-hydrogen) atoms. The molecular weight excluding hydrogens is 210 g/mol. The number of benzene rings is 1. The highest BCUT2D eigenvalue weighted by atomic mass is 16.3. The van der Waals surface area contributed by atoms with Crippen LogP contribution >= 0.6 is 0 Å². The molecule has 0 aliphatic heterocycles. The lowest BCUT2D eigenvalue weighted by Gasteiger charge is -2.41. The molecule has 1 aromatic carbocycles. The molecule has 2 nitrogen and oxygen atoms in total. The van der Waals surface area contributed by atoms with Crippen LogP contribution in [0.5, 0.6) is 0 Å². The first kappa shape index (κ1) is 12.6. The van der Waals surface area contributed by atoms with Gasteiger partial charge >= 0.3 is 0 Å². The Morgan fingerprint density at radius 2 is 2.24 bits per heavy atom. The lowest BCUT2D eigenvalue weighted by Crippen LogP contribution is -2.45. The van der Waals surface area contributed by atoms with E-state index in [1.54, 1.807) is 0 Å². The summed E-state index contributed by atoms with van der Waals surface area (Å²) in [5, 5.41) is 10.3.